The Morgan fingerprint density at radius 2 is 1.89 bits per heavy atom. The molecule has 1 aliphatic carbocycles. The number of benzene rings is 2. The number of methoxy groups -OCH3 is 1. The van der Waals surface area contributed by atoms with E-state index in [1.54, 1.807) is 35.2 Å². The molecular weight excluding hydrogens is 682 g/mol. The Labute approximate surface area is 272 Å². The van der Waals surface area contributed by atoms with Crippen LogP contribution >= 0.6 is 22.6 Å². The molecule has 0 heterocycles. The molecular formula is C33H44FIN2O7. The molecule has 242 valence electrons. The minimum Gasteiger partial charge on any atom is -0.493 e. The van der Waals surface area contributed by atoms with Crippen molar-refractivity contribution in [2.45, 2.75) is 83.1 Å². The molecule has 11 heteroatoms. The number of ether oxygens (including phenoxy) is 2. The molecule has 0 aromatic heterocycles. The van der Waals surface area contributed by atoms with Gasteiger partial charge in [0.25, 0.3) is 0 Å². The van der Waals surface area contributed by atoms with Crippen molar-refractivity contribution in [1.29, 1.82) is 0 Å². The van der Waals surface area contributed by atoms with Crippen LogP contribution in [0.3, 0.4) is 0 Å². The number of nitrogens with one attached hydrogen (secondary N) is 1. The number of aliphatic hydroxyl groups is 3. The van der Waals surface area contributed by atoms with Crippen LogP contribution in [0.4, 0.5) is 4.39 Å². The first-order valence-electron chi connectivity index (χ1n) is 15.2. The van der Waals surface area contributed by atoms with Gasteiger partial charge in [-0.3, -0.25) is 9.59 Å². The van der Waals surface area contributed by atoms with Crippen molar-refractivity contribution in [3.8, 4) is 11.5 Å². The van der Waals surface area contributed by atoms with Crippen LogP contribution in [-0.2, 0) is 22.6 Å². The van der Waals surface area contributed by atoms with Gasteiger partial charge in [0.15, 0.2) is 11.5 Å². The van der Waals surface area contributed by atoms with Gasteiger partial charge in [0, 0.05) is 31.5 Å². The Morgan fingerprint density at radius 1 is 1.11 bits per heavy atom. The number of nitrogens with zero attached hydrogens (tertiary/aromatic N) is 1. The first-order valence-corrected chi connectivity index (χ1v) is 16.3. The van der Waals surface area contributed by atoms with E-state index in [1.807, 2.05) is 0 Å². The Morgan fingerprint density at radius 3 is 2.57 bits per heavy atom. The van der Waals surface area contributed by atoms with E-state index in [1.165, 1.54) is 19.2 Å². The summed E-state index contributed by atoms with van der Waals surface area (Å²) < 4.78 is 26.4. The molecule has 2 amide bonds. The lowest BCUT2D eigenvalue weighted by Gasteiger charge is -2.41. The number of amides is 2. The average Bonchev–Trinajstić information content (AvgIpc) is 3.01. The second-order valence-electron chi connectivity index (χ2n) is 10.9. The summed E-state index contributed by atoms with van der Waals surface area (Å²) in [6.07, 6.45) is 4.84. The van der Waals surface area contributed by atoms with Crippen LogP contribution in [0.5, 0.6) is 11.5 Å². The normalized spacial score (nSPS) is 18.0. The lowest BCUT2D eigenvalue weighted by Crippen LogP contribution is -2.55. The van der Waals surface area contributed by atoms with Gasteiger partial charge >= 0.3 is 0 Å². The standard InChI is InChI=1S/C33H44FIN2O7/c1-3-4-5-6-7-11-30(40)37(14-12-22-9-8-10-25(34)16-22)27-19-24(33(42)36-13-15-38)20-28(31(27)41)44-32-26(35)17-23(21-39)18-29(32)43-2/h8-10,16-18,20,27-28,31,38-39,41H,3-7,11-15,19,21H2,1-2H3,(H,36,42)/t27-,28+,31+/m1/s1. The number of carbonyl (C=O) groups excluding carboxylic acids is 2. The molecule has 0 bridgehead atoms. The molecule has 9 nitrogen and oxygen atoms in total. The molecule has 3 atom stereocenters. The van der Waals surface area contributed by atoms with Crippen LogP contribution in [0.15, 0.2) is 48.0 Å². The van der Waals surface area contributed by atoms with E-state index in [4.69, 9.17) is 9.47 Å². The highest BCUT2D eigenvalue weighted by atomic mass is 127. The predicted octanol–water partition coefficient (Wildman–Crippen LogP) is 4.28. The molecule has 2 aromatic carbocycles. The van der Waals surface area contributed by atoms with Crippen LogP contribution < -0.4 is 14.8 Å². The number of halogens is 2. The van der Waals surface area contributed by atoms with E-state index in [-0.39, 0.29) is 50.9 Å². The second kappa shape index (κ2) is 18.3. The average molecular weight is 727 g/mol. The highest BCUT2D eigenvalue weighted by Gasteiger charge is 2.40. The highest BCUT2D eigenvalue weighted by Crippen LogP contribution is 2.37. The topological polar surface area (TPSA) is 129 Å². The number of hydrogen-bond donors (Lipinski definition) is 4. The summed E-state index contributed by atoms with van der Waals surface area (Å²) in [7, 11) is 1.47. The number of aliphatic hydroxyl groups excluding tert-OH is 3. The van der Waals surface area contributed by atoms with Gasteiger partial charge in [-0.1, -0.05) is 44.7 Å². The summed E-state index contributed by atoms with van der Waals surface area (Å²) in [6.45, 7) is 1.94. The molecule has 3 rings (SSSR count). The van der Waals surface area contributed by atoms with Gasteiger partial charge < -0.3 is 35.0 Å². The molecule has 0 spiro atoms. The van der Waals surface area contributed by atoms with E-state index >= 15 is 0 Å². The van der Waals surface area contributed by atoms with E-state index in [0.717, 1.165) is 25.7 Å². The number of unbranched alkanes of at least 4 members (excludes halogenated alkanes) is 4. The van der Waals surface area contributed by atoms with Gasteiger partial charge in [-0.25, -0.2) is 4.39 Å². The molecule has 4 N–H and O–H groups in total. The Balaban J connectivity index is 1.96. The smallest absolute Gasteiger partial charge is 0.247 e. The maximum absolute atomic E-state index is 13.9. The summed E-state index contributed by atoms with van der Waals surface area (Å²) in [4.78, 5) is 28.5. The molecule has 0 saturated heterocycles. The van der Waals surface area contributed by atoms with Gasteiger partial charge in [-0.15, -0.1) is 0 Å². The van der Waals surface area contributed by atoms with Gasteiger partial charge in [0.05, 0.1) is 29.9 Å². The fraction of sp³-hybridized carbons (Fsp3) is 0.515. The van der Waals surface area contributed by atoms with Crippen molar-refractivity contribution >= 4 is 34.4 Å². The van der Waals surface area contributed by atoms with Crippen molar-refractivity contribution in [1.82, 2.24) is 10.2 Å². The second-order valence-corrected chi connectivity index (χ2v) is 12.1. The Hall–Kier alpha value is -2.74. The van der Waals surface area contributed by atoms with Crippen LogP contribution in [0.2, 0.25) is 0 Å². The van der Waals surface area contributed by atoms with Crippen molar-refractivity contribution in [3.05, 3.63) is 68.6 Å². The van der Waals surface area contributed by atoms with Crippen LogP contribution in [0.1, 0.15) is 63.0 Å². The molecule has 0 unspecified atom stereocenters. The number of rotatable bonds is 17. The quantitative estimate of drug-likeness (QED) is 0.142. The fourth-order valence-electron chi connectivity index (χ4n) is 5.34. The third-order valence-electron chi connectivity index (χ3n) is 7.69. The van der Waals surface area contributed by atoms with E-state index < -0.39 is 24.2 Å². The zero-order valence-electron chi connectivity index (χ0n) is 25.4. The van der Waals surface area contributed by atoms with Gasteiger partial charge in [-0.05, 0) is 76.9 Å². The summed E-state index contributed by atoms with van der Waals surface area (Å²) in [5, 5.41) is 33.3. The molecule has 2 aromatic rings. The first-order chi connectivity index (χ1) is 21.2. The third-order valence-corrected chi connectivity index (χ3v) is 8.49. The minimum absolute atomic E-state index is 0.0449. The number of carbonyl (C=O) groups is 2. The van der Waals surface area contributed by atoms with E-state index in [2.05, 4.69) is 34.8 Å². The van der Waals surface area contributed by atoms with E-state index in [9.17, 15) is 29.3 Å². The van der Waals surface area contributed by atoms with Gasteiger partial charge in [0.2, 0.25) is 11.8 Å². The van der Waals surface area contributed by atoms with Gasteiger partial charge in [-0.2, -0.15) is 0 Å². The summed E-state index contributed by atoms with van der Waals surface area (Å²) in [5.41, 5.74) is 1.64. The van der Waals surface area contributed by atoms with Crippen LogP contribution in [0.25, 0.3) is 0 Å². The van der Waals surface area contributed by atoms with Crippen LogP contribution in [0, 0.1) is 9.39 Å². The summed E-state index contributed by atoms with van der Waals surface area (Å²) in [5.74, 6) is -0.281. The lowest BCUT2D eigenvalue weighted by atomic mass is 9.87. The highest BCUT2D eigenvalue weighted by molar-refractivity contribution is 14.1. The number of hydrogen-bond acceptors (Lipinski definition) is 7. The van der Waals surface area contributed by atoms with Crippen LogP contribution in [-0.4, -0.2) is 77.1 Å². The predicted molar refractivity (Wildman–Crippen MR) is 174 cm³/mol. The molecule has 0 aliphatic heterocycles. The zero-order valence-corrected chi connectivity index (χ0v) is 27.6. The third kappa shape index (κ3) is 10.1. The fourth-order valence-corrected chi connectivity index (χ4v) is 6.13. The summed E-state index contributed by atoms with van der Waals surface area (Å²) in [6, 6.07) is 8.75. The zero-order chi connectivity index (χ0) is 32.1. The Kier molecular flexibility index (Phi) is 14.8. The maximum Gasteiger partial charge on any atom is 0.247 e. The van der Waals surface area contributed by atoms with Crippen molar-refractivity contribution in [3.63, 3.8) is 0 Å². The maximum atomic E-state index is 13.9. The van der Waals surface area contributed by atoms with E-state index in [0.29, 0.717) is 44.6 Å². The van der Waals surface area contributed by atoms with Crippen molar-refractivity contribution in [2.75, 3.05) is 26.8 Å². The largest absolute Gasteiger partial charge is 0.493 e. The molecule has 1 aliphatic rings. The Bertz CT molecular complexity index is 1270. The molecule has 0 saturated carbocycles. The monoisotopic (exact) mass is 726 g/mol. The molecule has 0 fully saturated rings. The van der Waals surface area contributed by atoms with Gasteiger partial charge in [0.1, 0.15) is 18.0 Å². The summed E-state index contributed by atoms with van der Waals surface area (Å²) >= 11 is 2.05. The van der Waals surface area contributed by atoms with Crippen molar-refractivity contribution in [2.24, 2.45) is 0 Å². The lowest BCUT2D eigenvalue weighted by molar-refractivity contribution is -0.138. The molecule has 0 radical (unpaired) electrons. The SMILES string of the molecule is CCCCCCCC(=O)N(CCc1cccc(F)c1)[C@@H]1CC(C(=O)NCCO)=C[C@H](Oc2c(I)cc(CO)cc2OC)[C@H]1O. The first kappa shape index (κ1) is 35.7. The minimum atomic E-state index is -1.21. The molecule has 44 heavy (non-hydrogen) atoms. The van der Waals surface area contributed by atoms with Crippen molar-refractivity contribution < 1.29 is 38.8 Å².